The molecule has 1 radical (unpaired) electrons. The second-order valence-corrected chi connectivity index (χ2v) is 11.4. The monoisotopic (exact) mass is 509 g/mol. The summed E-state index contributed by atoms with van der Waals surface area (Å²) in [6.45, 7) is 7.49. The first-order chi connectivity index (χ1) is 19.0. The Hall–Kier alpha value is -4.06. The van der Waals surface area contributed by atoms with Gasteiger partial charge in [-0.3, -0.25) is 4.90 Å². The maximum absolute atomic E-state index is 6.29. The molecule has 3 aromatic heterocycles. The van der Waals surface area contributed by atoms with Crippen molar-refractivity contribution in [2.45, 2.75) is 45.3 Å². The number of hydrogen-bond acceptors (Lipinski definition) is 4. The van der Waals surface area contributed by atoms with Gasteiger partial charge >= 0.3 is 6.01 Å². The van der Waals surface area contributed by atoms with Gasteiger partial charge in [-0.1, -0.05) is 43.4 Å². The molecule has 0 spiro atoms. The molecule has 5 heterocycles. The second-order valence-electron chi connectivity index (χ2n) is 11.4. The predicted octanol–water partition coefficient (Wildman–Crippen LogP) is 5.36. The van der Waals surface area contributed by atoms with Gasteiger partial charge < -0.3 is 8.82 Å². The maximum Gasteiger partial charge on any atom is 0.302 e. The number of hydrogen-bond donors (Lipinski definition) is 0. The molecule has 0 saturated carbocycles. The molecule has 2 aliphatic heterocycles. The van der Waals surface area contributed by atoms with Crippen LogP contribution >= 0.6 is 0 Å². The Labute approximate surface area is 228 Å². The van der Waals surface area contributed by atoms with Crippen LogP contribution in [-0.4, -0.2) is 28.2 Å². The average Bonchev–Trinajstić information content (AvgIpc) is 3.71. The number of benzene rings is 1. The summed E-state index contributed by atoms with van der Waals surface area (Å²) in [5.41, 5.74) is 12.1. The molecule has 6 heteroatoms. The van der Waals surface area contributed by atoms with Crippen molar-refractivity contribution in [1.82, 2.24) is 14.4 Å². The molecule has 3 unspecified atom stereocenters. The first kappa shape index (κ1) is 22.9. The lowest BCUT2D eigenvalue weighted by atomic mass is 9.58. The van der Waals surface area contributed by atoms with E-state index >= 15 is 0 Å². The first-order valence-electron chi connectivity index (χ1n) is 14.0. The lowest BCUT2D eigenvalue weighted by molar-refractivity contribution is 0.519. The number of aromatic nitrogens is 3. The lowest BCUT2D eigenvalue weighted by Gasteiger charge is -2.28. The summed E-state index contributed by atoms with van der Waals surface area (Å²) in [5.74, 6) is 3.32. The van der Waals surface area contributed by atoms with E-state index < -0.39 is 0 Å². The van der Waals surface area contributed by atoms with E-state index in [0.29, 0.717) is 11.7 Å². The summed E-state index contributed by atoms with van der Waals surface area (Å²) in [6, 6.07) is 9.69. The molecule has 1 aromatic carbocycles. The lowest BCUT2D eigenvalue weighted by Crippen LogP contribution is -2.26. The summed E-state index contributed by atoms with van der Waals surface area (Å²) in [7, 11) is 2.36. The quantitative estimate of drug-likeness (QED) is 0.349. The van der Waals surface area contributed by atoms with Crippen LogP contribution in [0.15, 0.2) is 70.9 Å². The van der Waals surface area contributed by atoms with E-state index in [2.05, 4.69) is 110 Å². The number of fused-ring (bicyclic) bond motifs is 4. The fourth-order valence-electron chi connectivity index (χ4n) is 6.79. The van der Waals surface area contributed by atoms with E-state index in [4.69, 9.17) is 14.4 Å². The maximum atomic E-state index is 6.29. The summed E-state index contributed by atoms with van der Waals surface area (Å²) in [4.78, 5) is 12.2. The van der Waals surface area contributed by atoms with Crippen LogP contribution in [0.5, 0.6) is 0 Å². The van der Waals surface area contributed by atoms with E-state index in [1.54, 1.807) is 0 Å². The summed E-state index contributed by atoms with van der Waals surface area (Å²) in [6.07, 6.45) is 17.5. The minimum atomic E-state index is 0.268. The van der Waals surface area contributed by atoms with Gasteiger partial charge in [0.05, 0.1) is 5.69 Å². The average molecular weight is 509 g/mol. The summed E-state index contributed by atoms with van der Waals surface area (Å²) >= 11 is 0. The molecule has 191 valence electrons. The third kappa shape index (κ3) is 3.54. The number of pyridine rings is 1. The largest absolute Gasteiger partial charge is 0.424 e. The molecule has 39 heavy (non-hydrogen) atoms. The zero-order valence-corrected chi connectivity index (χ0v) is 22.6. The van der Waals surface area contributed by atoms with Crippen molar-refractivity contribution >= 4 is 42.4 Å². The van der Waals surface area contributed by atoms with Crippen molar-refractivity contribution in [3.8, 4) is 0 Å². The highest BCUT2D eigenvalue weighted by Crippen LogP contribution is 2.49. The number of rotatable bonds is 3. The molecular formula is C33H30BN4O. The summed E-state index contributed by atoms with van der Waals surface area (Å²) in [5, 5.41) is 0.982. The normalized spacial score (nSPS) is 22.9. The Kier molecular flexibility index (Phi) is 4.97. The zero-order valence-electron chi connectivity index (χ0n) is 22.6. The first-order valence-corrected chi connectivity index (χ1v) is 14.0. The zero-order chi connectivity index (χ0) is 26.2. The molecular weight excluding hydrogens is 479 g/mol. The predicted molar refractivity (Wildman–Crippen MR) is 158 cm³/mol. The van der Waals surface area contributed by atoms with Gasteiger partial charge in [-0.05, 0) is 90.0 Å². The molecule has 4 aliphatic rings. The second kappa shape index (κ2) is 8.47. The molecule has 4 aromatic rings. The van der Waals surface area contributed by atoms with Gasteiger partial charge in [-0.25, -0.2) is 4.98 Å². The molecule has 8 rings (SSSR count). The third-order valence-corrected chi connectivity index (χ3v) is 8.83. The van der Waals surface area contributed by atoms with Crippen molar-refractivity contribution in [2.75, 3.05) is 11.4 Å². The van der Waals surface area contributed by atoms with Crippen LogP contribution in [0.3, 0.4) is 0 Å². The molecule has 0 N–H and O–H groups in total. The van der Waals surface area contributed by atoms with Gasteiger partial charge in [0, 0.05) is 30.5 Å². The Morgan fingerprint density at radius 2 is 2.05 bits per heavy atom. The van der Waals surface area contributed by atoms with Gasteiger partial charge in [0.1, 0.15) is 11.0 Å². The molecule has 0 saturated heterocycles. The van der Waals surface area contributed by atoms with Crippen molar-refractivity contribution in [3.63, 3.8) is 0 Å². The van der Waals surface area contributed by atoms with Crippen LogP contribution in [-0.2, 0) is 6.42 Å². The van der Waals surface area contributed by atoms with Gasteiger partial charge in [-0.2, -0.15) is 4.98 Å². The highest BCUT2D eigenvalue weighted by atomic mass is 16.4. The number of nitrogens with zero attached hydrogens (tertiary/aromatic N) is 4. The SMILES string of the molecule is Cc1cc(C2C=CC=C3C(c4cn5cccc(C)c5n4)=C[B]C32)cc2c1CCN2c1nc2c(o1)=CC(C)CC=2. The Morgan fingerprint density at radius 3 is 2.95 bits per heavy atom. The van der Waals surface area contributed by atoms with Gasteiger partial charge in [-0.15, -0.1) is 5.98 Å². The van der Waals surface area contributed by atoms with Crippen LogP contribution in [0, 0.1) is 19.8 Å². The standard InChI is InChI=1S/C33H30BN4O/c1-19-9-10-27-30(14-19)39-33(36-27)38-13-11-23-21(3)15-22(16-29(23)38)24-7-4-8-25-26(17-34-31(24)25)28-18-37-12-5-6-20(2)32(37)35-28/h4-8,10,12,14-19,24,31H,9,11,13H2,1-3H3. The van der Waals surface area contributed by atoms with Crippen molar-refractivity contribution in [3.05, 3.63) is 105 Å². The van der Waals surface area contributed by atoms with E-state index in [-0.39, 0.29) is 5.92 Å². The number of imidazole rings is 1. The molecule has 0 fully saturated rings. The van der Waals surface area contributed by atoms with Crippen molar-refractivity contribution in [2.24, 2.45) is 5.92 Å². The van der Waals surface area contributed by atoms with Crippen LogP contribution in [0.1, 0.15) is 47.2 Å². The highest BCUT2D eigenvalue weighted by Gasteiger charge is 2.35. The van der Waals surface area contributed by atoms with E-state index in [1.165, 1.54) is 39.1 Å². The van der Waals surface area contributed by atoms with Crippen molar-refractivity contribution in [1.29, 1.82) is 0 Å². The van der Waals surface area contributed by atoms with Crippen LogP contribution in [0.25, 0.3) is 23.4 Å². The molecule has 2 aliphatic carbocycles. The fourth-order valence-corrected chi connectivity index (χ4v) is 6.79. The topological polar surface area (TPSA) is 46.6 Å². The molecule has 5 nitrogen and oxygen atoms in total. The van der Waals surface area contributed by atoms with Crippen LogP contribution in [0.4, 0.5) is 11.7 Å². The number of allylic oxidation sites excluding steroid dienone is 5. The minimum Gasteiger partial charge on any atom is -0.424 e. The Morgan fingerprint density at radius 1 is 1.13 bits per heavy atom. The van der Waals surface area contributed by atoms with E-state index in [9.17, 15) is 0 Å². The molecule has 0 amide bonds. The molecule has 3 atom stereocenters. The smallest absolute Gasteiger partial charge is 0.302 e. The molecule has 0 bridgehead atoms. The third-order valence-electron chi connectivity index (χ3n) is 8.83. The Bertz CT molecular complexity index is 1890. The van der Waals surface area contributed by atoms with Crippen LogP contribution in [0.2, 0.25) is 5.82 Å². The summed E-state index contributed by atoms with van der Waals surface area (Å²) < 4.78 is 8.42. The van der Waals surface area contributed by atoms with Gasteiger partial charge in [0.2, 0.25) is 0 Å². The minimum absolute atomic E-state index is 0.268. The van der Waals surface area contributed by atoms with E-state index in [1.807, 2.05) is 0 Å². The van der Waals surface area contributed by atoms with Crippen LogP contribution < -0.4 is 15.7 Å². The van der Waals surface area contributed by atoms with Crippen molar-refractivity contribution < 1.29 is 4.42 Å². The number of anilines is 2. The fraction of sp³-hybridized carbons (Fsp3) is 0.273. The van der Waals surface area contributed by atoms with E-state index in [0.717, 1.165) is 47.5 Å². The number of aryl methyl sites for hydroxylation is 2. The number of oxazole rings is 1. The van der Waals surface area contributed by atoms with Gasteiger partial charge in [0.15, 0.2) is 12.7 Å². The highest BCUT2D eigenvalue weighted by molar-refractivity contribution is 6.51. The Balaban J connectivity index is 1.14. The van der Waals surface area contributed by atoms with Gasteiger partial charge in [0.25, 0.3) is 0 Å².